The number of benzene rings is 2. The molecule has 0 aliphatic carbocycles. The molecule has 1 N–H and O–H groups in total. The Bertz CT molecular complexity index is 654. The zero-order valence-electron chi connectivity index (χ0n) is 14.9. The fourth-order valence-electron chi connectivity index (χ4n) is 3.18. The number of aliphatic hydroxyl groups excluding tert-OH is 1. The molecule has 0 aliphatic rings. The molecule has 3 heteroatoms. The topological polar surface area (TPSA) is 29.5 Å². The van der Waals surface area contributed by atoms with Crippen molar-refractivity contribution in [3.8, 4) is 11.8 Å². The highest BCUT2D eigenvalue weighted by atomic mass is 28.4. The molecule has 0 saturated carbocycles. The van der Waals surface area contributed by atoms with Crippen LogP contribution < -0.4 is 10.4 Å². The minimum absolute atomic E-state index is 0.0646. The van der Waals surface area contributed by atoms with Gasteiger partial charge in [0.05, 0.1) is 0 Å². The van der Waals surface area contributed by atoms with E-state index in [4.69, 9.17) is 9.53 Å². The van der Waals surface area contributed by atoms with Gasteiger partial charge in [0.1, 0.15) is 12.7 Å². The van der Waals surface area contributed by atoms with Crippen LogP contribution in [0.3, 0.4) is 0 Å². The van der Waals surface area contributed by atoms with Crippen molar-refractivity contribution in [2.75, 3.05) is 6.61 Å². The molecule has 0 aromatic heterocycles. The molecule has 2 aromatic carbocycles. The van der Waals surface area contributed by atoms with Crippen LogP contribution in [0.25, 0.3) is 0 Å². The van der Waals surface area contributed by atoms with Crippen LogP contribution in [0.5, 0.6) is 0 Å². The fraction of sp³-hybridized carbons (Fsp3) is 0.333. The molecule has 0 spiro atoms. The first-order chi connectivity index (χ1) is 11.4. The smallest absolute Gasteiger partial charge is 0.262 e. The van der Waals surface area contributed by atoms with E-state index in [1.165, 1.54) is 10.4 Å². The molecule has 0 amide bonds. The molecule has 0 radical (unpaired) electrons. The maximum Gasteiger partial charge on any atom is 0.262 e. The maximum atomic E-state index is 8.99. The molecule has 2 nitrogen and oxygen atoms in total. The second-order valence-corrected chi connectivity index (χ2v) is 11.2. The number of aliphatic hydroxyl groups is 1. The van der Waals surface area contributed by atoms with Crippen molar-refractivity contribution < 1.29 is 9.53 Å². The highest BCUT2D eigenvalue weighted by Crippen LogP contribution is 2.37. The summed E-state index contributed by atoms with van der Waals surface area (Å²) in [6.45, 7) is 8.54. The Balaban J connectivity index is 2.66. The van der Waals surface area contributed by atoms with Crippen LogP contribution in [0, 0.1) is 11.8 Å². The van der Waals surface area contributed by atoms with E-state index in [1.54, 1.807) is 0 Å². The van der Waals surface area contributed by atoms with Crippen molar-refractivity contribution in [1.82, 2.24) is 0 Å². The zero-order chi connectivity index (χ0) is 17.6. The van der Waals surface area contributed by atoms with Crippen molar-refractivity contribution in [2.24, 2.45) is 0 Å². The van der Waals surface area contributed by atoms with Gasteiger partial charge in [0.15, 0.2) is 0 Å². The van der Waals surface area contributed by atoms with Crippen LogP contribution in [0.15, 0.2) is 60.7 Å². The van der Waals surface area contributed by atoms with Crippen molar-refractivity contribution in [2.45, 2.75) is 38.8 Å². The Morgan fingerprint density at radius 3 is 1.79 bits per heavy atom. The van der Waals surface area contributed by atoms with Gasteiger partial charge in [-0.25, -0.2) is 0 Å². The first kappa shape index (κ1) is 18.5. The predicted molar refractivity (Wildman–Crippen MR) is 103 cm³/mol. The summed E-state index contributed by atoms with van der Waals surface area (Å²) in [6.07, 6.45) is -0.247. The summed E-state index contributed by atoms with van der Waals surface area (Å²) >= 11 is 0. The van der Waals surface area contributed by atoms with Crippen molar-refractivity contribution >= 4 is 18.7 Å². The summed E-state index contributed by atoms with van der Waals surface area (Å²) in [6, 6.07) is 21.0. The highest BCUT2D eigenvalue weighted by molar-refractivity contribution is 6.99. The zero-order valence-corrected chi connectivity index (χ0v) is 15.9. The summed E-state index contributed by atoms with van der Waals surface area (Å²) < 4.78 is 6.73. The van der Waals surface area contributed by atoms with Crippen molar-refractivity contribution in [1.29, 1.82) is 0 Å². The van der Waals surface area contributed by atoms with Crippen LogP contribution in [0.1, 0.15) is 27.7 Å². The van der Waals surface area contributed by atoms with Crippen LogP contribution >= 0.6 is 0 Å². The lowest BCUT2D eigenvalue weighted by Gasteiger charge is -2.43. The summed E-state index contributed by atoms with van der Waals surface area (Å²) in [5, 5.41) is 11.4. The molecule has 0 heterocycles. The largest absolute Gasteiger partial charge is 0.394 e. The molecule has 24 heavy (non-hydrogen) atoms. The molecular weight excluding hydrogens is 312 g/mol. The molecule has 126 valence electrons. The molecule has 2 rings (SSSR count). The Kier molecular flexibility index (Phi) is 6.01. The third-order valence-electron chi connectivity index (χ3n) is 4.15. The Morgan fingerprint density at radius 2 is 1.42 bits per heavy atom. The molecule has 0 fully saturated rings. The number of hydrogen-bond donors (Lipinski definition) is 1. The van der Waals surface area contributed by atoms with Gasteiger partial charge < -0.3 is 9.53 Å². The lowest BCUT2D eigenvalue weighted by molar-refractivity contribution is 0.260. The Morgan fingerprint density at radius 1 is 0.958 bits per heavy atom. The van der Waals surface area contributed by atoms with E-state index < -0.39 is 8.32 Å². The lowest BCUT2D eigenvalue weighted by Crippen LogP contribution is -2.67. The Hall–Kier alpha value is -1.86. The van der Waals surface area contributed by atoms with Crippen LogP contribution in [-0.2, 0) is 4.43 Å². The molecule has 0 aliphatic heterocycles. The third-order valence-corrected chi connectivity index (χ3v) is 9.27. The molecule has 0 bridgehead atoms. The normalized spacial score (nSPS) is 13.0. The van der Waals surface area contributed by atoms with Crippen LogP contribution in [0.4, 0.5) is 0 Å². The minimum atomic E-state index is -2.55. The monoisotopic (exact) mass is 338 g/mol. The summed E-state index contributed by atoms with van der Waals surface area (Å²) in [4.78, 5) is 0. The summed E-state index contributed by atoms with van der Waals surface area (Å²) in [5.41, 5.74) is 0. The third kappa shape index (κ3) is 3.79. The molecule has 0 unspecified atom stereocenters. The average molecular weight is 339 g/mol. The van der Waals surface area contributed by atoms with E-state index >= 15 is 0 Å². The van der Waals surface area contributed by atoms with Gasteiger partial charge in [0, 0.05) is 0 Å². The Labute approximate surface area is 146 Å². The van der Waals surface area contributed by atoms with E-state index in [1.807, 2.05) is 19.1 Å². The first-order valence-corrected chi connectivity index (χ1v) is 10.2. The number of hydrogen-bond acceptors (Lipinski definition) is 2. The summed E-state index contributed by atoms with van der Waals surface area (Å²) in [5.74, 6) is 5.74. The van der Waals surface area contributed by atoms with Crippen LogP contribution in [0.2, 0.25) is 5.04 Å². The second-order valence-electron chi connectivity index (χ2n) is 6.90. The fourth-order valence-corrected chi connectivity index (χ4v) is 7.78. The van der Waals surface area contributed by atoms with Crippen molar-refractivity contribution in [3.05, 3.63) is 60.7 Å². The number of rotatable bonds is 4. The van der Waals surface area contributed by atoms with Gasteiger partial charge in [-0.15, -0.1) is 0 Å². The average Bonchev–Trinajstić information content (AvgIpc) is 2.58. The van der Waals surface area contributed by atoms with Gasteiger partial charge in [-0.1, -0.05) is 93.3 Å². The van der Waals surface area contributed by atoms with Gasteiger partial charge in [-0.05, 0) is 22.3 Å². The van der Waals surface area contributed by atoms with E-state index in [2.05, 4.69) is 81.1 Å². The molecule has 2 aromatic rings. The quantitative estimate of drug-likeness (QED) is 0.686. The second kappa shape index (κ2) is 7.81. The van der Waals surface area contributed by atoms with E-state index in [-0.39, 0.29) is 17.7 Å². The van der Waals surface area contributed by atoms with Gasteiger partial charge >= 0.3 is 0 Å². The molecule has 0 saturated heterocycles. The lowest BCUT2D eigenvalue weighted by atomic mass is 10.2. The van der Waals surface area contributed by atoms with E-state index in [0.29, 0.717) is 0 Å². The first-order valence-electron chi connectivity index (χ1n) is 8.30. The van der Waals surface area contributed by atoms with E-state index in [0.717, 1.165) is 0 Å². The minimum Gasteiger partial charge on any atom is -0.394 e. The van der Waals surface area contributed by atoms with Gasteiger partial charge in [-0.3, -0.25) is 0 Å². The van der Waals surface area contributed by atoms with Crippen LogP contribution in [-0.4, -0.2) is 26.1 Å². The predicted octanol–water partition coefficient (Wildman–Crippen LogP) is 2.95. The summed E-state index contributed by atoms with van der Waals surface area (Å²) in [7, 11) is -2.55. The SMILES string of the molecule is C[C@@H](C#CCO)O[Si](c1ccccc1)(c1ccccc1)C(C)(C)C. The van der Waals surface area contributed by atoms with Crippen molar-refractivity contribution in [3.63, 3.8) is 0 Å². The standard InChI is InChI=1S/C21H26O2Si/c1-18(12-11-17-22)23-24(21(2,3)4,19-13-7-5-8-14-19)20-15-9-6-10-16-20/h5-10,13-16,18,22H,17H2,1-4H3/t18-/m0/s1. The maximum absolute atomic E-state index is 8.99. The van der Waals surface area contributed by atoms with E-state index in [9.17, 15) is 0 Å². The van der Waals surface area contributed by atoms with Gasteiger partial charge in [0.25, 0.3) is 8.32 Å². The molecular formula is C21H26O2Si. The van der Waals surface area contributed by atoms with Gasteiger partial charge in [-0.2, -0.15) is 0 Å². The highest BCUT2D eigenvalue weighted by Gasteiger charge is 2.50. The molecule has 1 atom stereocenters. The van der Waals surface area contributed by atoms with Gasteiger partial charge in [0.2, 0.25) is 0 Å².